The van der Waals surface area contributed by atoms with Gasteiger partial charge in [-0.25, -0.2) is 0 Å². The van der Waals surface area contributed by atoms with Gasteiger partial charge in [0.15, 0.2) is 0 Å². The number of aliphatic hydroxyl groups is 1. The molecule has 1 rings (SSSR count). The summed E-state index contributed by atoms with van der Waals surface area (Å²) in [4.78, 5) is 13.6. The van der Waals surface area contributed by atoms with Crippen LogP contribution in [0.3, 0.4) is 0 Å². The van der Waals surface area contributed by atoms with Gasteiger partial charge in [-0.3, -0.25) is 4.79 Å². The number of carbonyl (C=O) groups is 1. The quantitative estimate of drug-likeness (QED) is 0.820. The molecule has 1 amide bonds. The van der Waals surface area contributed by atoms with Crippen LogP contribution in [-0.2, 0) is 6.42 Å². The summed E-state index contributed by atoms with van der Waals surface area (Å²) in [7, 11) is 1.69. The first-order valence-electron chi connectivity index (χ1n) is 6.10. The van der Waals surface area contributed by atoms with E-state index in [4.69, 9.17) is 5.73 Å². The summed E-state index contributed by atoms with van der Waals surface area (Å²) in [6.45, 7) is 4.27. The predicted molar refractivity (Wildman–Crippen MR) is 72.5 cm³/mol. The minimum Gasteiger partial charge on any atom is -0.389 e. The van der Waals surface area contributed by atoms with E-state index in [2.05, 4.69) is 0 Å². The zero-order valence-corrected chi connectivity index (χ0v) is 11.3. The number of likely N-dealkylation sites (N-methyl/N-ethyl adjacent to an activating group) is 1. The van der Waals surface area contributed by atoms with E-state index in [1.54, 1.807) is 33.0 Å². The first kappa shape index (κ1) is 14.7. The number of rotatable bonds is 5. The van der Waals surface area contributed by atoms with Crippen molar-refractivity contribution in [2.45, 2.75) is 25.9 Å². The molecule has 0 heterocycles. The SMILES string of the molecule is CN(CC(C)(C)O)C(=O)c1ccc(CCN)cc1. The first-order chi connectivity index (χ1) is 8.33. The Kier molecular flexibility index (Phi) is 4.87. The summed E-state index contributed by atoms with van der Waals surface area (Å²) >= 11 is 0. The molecule has 0 radical (unpaired) electrons. The second-order valence-electron chi connectivity index (χ2n) is 5.21. The summed E-state index contributed by atoms with van der Waals surface area (Å²) in [5.41, 5.74) is 6.34. The van der Waals surface area contributed by atoms with Gasteiger partial charge in [0.05, 0.1) is 5.60 Å². The van der Waals surface area contributed by atoms with Crippen molar-refractivity contribution in [3.05, 3.63) is 35.4 Å². The zero-order chi connectivity index (χ0) is 13.8. The van der Waals surface area contributed by atoms with Crippen LogP contribution in [0.25, 0.3) is 0 Å². The number of hydrogen-bond donors (Lipinski definition) is 2. The van der Waals surface area contributed by atoms with Crippen molar-refractivity contribution < 1.29 is 9.90 Å². The molecule has 0 spiro atoms. The van der Waals surface area contributed by atoms with Crippen molar-refractivity contribution in [3.63, 3.8) is 0 Å². The lowest BCUT2D eigenvalue weighted by Crippen LogP contribution is -2.39. The Morgan fingerprint density at radius 1 is 1.33 bits per heavy atom. The van der Waals surface area contributed by atoms with Gasteiger partial charge in [-0.15, -0.1) is 0 Å². The molecule has 100 valence electrons. The van der Waals surface area contributed by atoms with Crippen LogP contribution in [0.15, 0.2) is 24.3 Å². The predicted octanol–water partition coefficient (Wildman–Crippen LogP) is 1.03. The molecule has 0 saturated carbocycles. The van der Waals surface area contributed by atoms with E-state index in [0.717, 1.165) is 12.0 Å². The van der Waals surface area contributed by atoms with Gasteiger partial charge in [0.2, 0.25) is 0 Å². The highest BCUT2D eigenvalue weighted by atomic mass is 16.3. The smallest absolute Gasteiger partial charge is 0.253 e. The Hall–Kier alpha value is -1.39. The van der Waals surface area contributed by atoms with Crippen molar-refractivity contribution in [3.8, 4) is 0 Å². The fourth-order valence-corrected chi connectivity index (χ4v) is 1.85. The van der Waals surface area contributed by atoms with Gasteiger partial charge in [0.25, 0.3) is 5.91 Å². The second-order valence-corrected chi connectivity index (χ2v) is 5.21. The second kappa shape index (κ2) is 5.98. The van der Waals surface area contributed by atoms with Crippen LogP contribution in [0.5, 0.6) is 0 Å². The topological polar surface area (TPSA) is 66.6 Å². The molecule has 0 aliphatic rings. The van der Waals surface area contributed by atoms with Crippen LogP contribution in [-0.4, -0.2) is 41.7 Å². The molecule has 0 unspecified atom stereocenters. The van der Waals surface area contributed by atoms with E-state index in [0.29, 0.717) is 18.7 Å². The van der Waals surface area contributed by atoms with Gasteiger partial charge in [-0.1, -0.05) is 12.1 Å². The van der Waals surface area contributed by atoms with Crippen LogP contribution in [0, 0.1) is 0 Å². The third-order valence-electron chi connectivity index (χ3n) is 2.60. The van der Waals surface area contributed by atoms with E-state index in [-0.39, 0.29) is 5.91 Å². The van der Waals surface area contributed by atoms with Crippen LogP contribution in [0.1, 0.15) is 29.8 Å². The molecule has 0 aliphatic heterocycles. The van der Waals surface area contributed by atoms with E-state index >= 15 is 0 Å². The first-order valence-corrected chi connectivity index (χ1v) is 6.10. The lowest BCUT2D eigenvalue weighted by molar-refractivity contribution is 0.0368. The van der Waals surface area contributed by atoms with E-state index in [9.17, 15) is 9.90 Å². The lowest BCUT2D eigenvalue weighted by Gasteiger charge is -2.25. The molecule has 4 heteroatoms. The number of nitrogens with zero attached hydrogens (tertiary/aromatic N) is 1. The summed E-state index contributed by atoms with van der Waals surface area (Å²) in [6, 6.07) is 7.43. The fourth-order valence-electron chi connectivity index (χ4n) is 1.85. The van der Waals surface area contributed by atoms with E-state index in [1.807, 2.05) is 12.1 Å². The van der Waals surface area contributed by atoms with Crippen molar-refractivity contribution in [2.24, 2.45) is 5.73 Å². The maximum Gasteiger partial charge on any atom is 0.253 e. The molecule has 0 fully saturated rings. The standard InChI is InChI=1S/C14H22N2O2/c1-14(2,18)10-16(3)13(17)12-6-4-11(5-7-12)8-9-15/h4-7,18H,8-10,15H2,1-3H3. The van der Waals surface area contributed by atoms with Gasteiger partial charge in [0, 0.05) is 19.2 Å². The fraction of sp³-hybridized carbons (Fsp3) is 0.500. The molecule has 0 bridgehead atoms. The van der Waals surface area contributed by atoms with Gasteiger partial charge < -0.3 is 15.7 Å². The maximum absolute atomic E-state index is 12.1. The van der Waals surface area contributed by atoms with Crippen molar-refractivity contribution in [1.29, 1.82) is 0 Å². The Morgan fingerprint density at radius 3 is 2.33 bits per heavy atom. The molecule has 0 aromatic heterocycles. The minimum absolute atomic E-state index is 0.0866. The third-order valence-corrected chi connectivity index (χ3v) is 2.60. The highest BCUT2D eigenvalue weighted by molar-refractivity contribution is 5.94. The Balaban J connectivity index is 2.72. The van der Waals surface area contributed by atoms with Gasteiger partial charge in [-0.2, -0.15) is 0 Å². The molecular formula is C14H22N2O2. The average molecular weight is 250 g/mol. The average Bonchev–Trinajstić information content (AvgIpc) is 2.27. The Labute approximate surface area is 108 Å². The van der Waals surface area contributed by atoms with Crippen molar-refractivity contribution >= 4 is 5.91 Å². The normalized spacial score (nSPS) is 11.4. The Morgan fingerprint density at radius 2 is 1.89 bits per heavy atom. The van der Waals surface area contributed by atoms with Gasteiger partial charge in [-0.05, 0) is 44.5 Å². The summed E-state index contributed by atoms with van der Waals surface area (Å²) in [5, 5.41) is 9.69. The summed E-state index contributed by atoms with van der Waals surface area (Å²) in [5.74, 6) is -0.0866. The van der Waals surface area contributed by atoms with Crippen LogP contribution in [0.2, 0.25) is 0 Å². The zero-order valence-electron chi connectivity index (χ0n) is 11.3. The molecule has 4 nitrogen and oxygen atoms in total. The summed E-state index contributed by atoms with van der Waals surface area (Å²) < 4.78 is 0. The highest BCUT2D eigenvalue weighted by Gasteiger charge is 2.20. The molecule has 1 aromatic rings. The van der Waals surface area contributed by atoms with Crippen LogP contribution in [0.4, 0.5) is 0 Å². The molecule has 0 aliphatic carbocycles. The molecule has 0 atom stereocenters. The molecule has 3 N–H and O–H groups in total. The van der Waals surface area contributed by atoms with Crippen LogP contribution < -0.4 is 5.73 Å². The molecule has 18 heavy (non-hydrogen) atoms. The van der Waals surface area contributed by atoms with E-state index < -0.39 is 5.60 Å². The minimum atomic E-state index is -0.885. The lowest BCUT2D eigenvalue weighted by atomic mass is 10.1. The molecule has 1 aromatic carbocycles. The largest absolute Gasteiger partial charge is 0.389 e. The number of amides is 1. The number of hydrogen-bond acceptors (Lipinski definition) is 3. The maximum atomic E-state index is 12.1. The van der Waals surface area contributed by atoms with E-state index in [1.165, 1.54) is 4.90 Å². The van der Waals surface area contributed by atoms with Gasteiger partial charge in [0.1, 0.15) is 0 Å². The molecule has 0 saturated heterocycles. The highest BCUT2D eigenvalue weighted by Crippen LogP contribution is 2.10. The van der Waals surface area contributed by atoms with Crippen LogP contribution >= 0.6 is 0 Å². The van der Waals surface area contributed by atoms with Crippen molar-refractivity contribution in [2.75, 3.05) is 20.1 Å². The number of nitrogens with two attached hydrogens (primary N) is 1. The number of benzene rings is 1. The van der Waals surface area contributed by atoms with Gasteiger partial charge >= 0.3 is 0 Å². The Bertz CT molecular complexity index is 393. The van der Waals surface area contributed by atoms with Crippen molar-refractivity contribution in [1.82, 2.24) is 4.90 Å². The third kappa shape index (κ3) is 4.47. The molecular weight excluding hydrogens is 228 g/mol. The summed E-state index contributed by atoms with van der Waals surface area (Å²) in [6.07, 6.45) is 0.813. The monoisotopic (exact) mass is 250 g/mol. The number of carbonyl (C=O) groups excluding carboxylic acids is 1.